The van der Waals surface area contributed by atoms with Crippen LogP contribution >= 0.6 is 0 Å². The number of nitrogens with zero attached hydrogens (tertiary/aromatic N) is 1. The van der Waals surface area contributed by atoms with Crippen molar-refractivity contribution in [2.24, 2.45) is 0 Å². The SMILES string of the molecule is COc1ccc(NC(=O)c2ccc(-c3ccccc3)cc2)cc1C(=O)CCc1ccccn1. The van der Waals surface area contributed by atoms with E-state index in [0.717, 1.165) is 16.8 Å². The van der Waals surface area contributed by atoms with Crippen LogP contribution in [-0.2, 0) is 6.42 Å². The number of nitrogens with one attached hydrogen (secondary N) is 1. The van der Waals surface area contributed by atoms with E-state index in [1.54, 1.807) is 36.5 Å². The number of ketones is 1. The minimum Gasteiger partial charge on any atom is -0.496 e. The minimum atomic E-state index is -0.244. The standard InChI is InChI=1S/C28H24N2O3/c1-33-27-17-15-24(19-25(27)26(31)16-14-23-9-5-6-18-29-23)30-28(32)22-12-10-21(11-13-22)20-7-3-2-4-8-20/h2-13,15,17-19H,14,16H2,1H3,(H,30,32). The first-order valence-electron chi connectivity index (χ1n) is 10.7. The molecule has 0 saturated carbocycles. The van der Waals surface area contributed by atoms with E-state index in [1.165, 1.54) is 7.11 Å². The van der Waals surface area contributed by atoms with E-state index in [1.807, 2.05) is 60.7 Å². The number of pyridine rings is 1. The van der Waals surface area contributed by atoms with Gasteiger partial charge in [-0.05, 0) is 60.0 Å². The predicted octanol–water partition coefficient (Wildman–Crippen LogP) is 5.83. The Morgan fingerprint density at radius 2 is 1.58 bits per heavy atom. The summed E-state index contributed by atoms with van der Waals surface area (Å²) >= 11 is 0. The Bertz CT molecular complexity index is 1240. The molecule has 0 aliphatic carbocycles. The van der Waals surface area contributed by atoms with Gasteiger partial charge in [0.25, 0.3) is 5.91 Å². The van der Waals surface area contributed by atoms with E-state index in [9.17, 15) is 9.59 Å². The second-order valence-electron chi connectivity index (χ2n) is 7.56. The van der Waals surface area contributed by atoms with E-state index >= 15 is 0 Å². The summed E-state index contributed by atoms with van der Waals surface area (Å²) in [5.41, 5.74) is 4.49. The van der Waals surface area contributed by atoms with Crippen LogP contribution in [0, 0.1) is 0 Å². The number of hydrogen-bond acceptors (Lipinski definition) is 4. The molecule has 5 heteroatoms. The highest BCUT2D eigenvalue weighted by molar-refractivity contribution is 6.06. The van der Waals surface area contributed by atoms with Gasteiger partial charge < -0.3 is 10.1 Å². The van der Waals surface area contributed by atoms with Gasteiger partial charge in [-0.3, -0.25) is 14.6 Å². The van der Waals surface area contributed by atoms with Crippen molar-refractivity contribution in [2.75, 3.05) is 12.4 Å². The van der Waals surface area contributed by atoms with Crippen molar-refractivity contribution in [3.8, 4) is 16.9 Å². The molecule has 4 aromatic rings. The number of amides is 1. The van der Waals surface area contributed by atoms with Crippen LogP contribution in [0.1, 0.15) is 32.8 Å². The van der Waals surface area contributed by atoms with Crippen molar-refractivity contribution in [3.63, 3.8) is 0 Å². The van der Waals surface area contributed by atoms with Crippen LogP contribution in [0.15, 0.2) is 97.2 Å². The molecule has 0 saturated heterocycles. The van der Waals surface area contributed by atoms with Gasteiger partial charge in [-0.1, -0.05) is 48.5 Å². The fraction of sp³-hybridized carbons (Fsp3) is 0.107. The summed E-state index contributed by atoms with van der Waals surface area (Å²) in [6.07, 6.45) is 2.54. The number of rotatable bonds is 8. The number of carbonyl (C=O) groups is 2. The van der Waals surface area contributed by atoms with Gasteiger partial charge >= 0.3 is 0 Å². The molecule has 3 aromatic carbocycles. The highest BCUT2D eigenvalue weighted by Gasteiger charge is 2.15. The van der Waals surface area contributed by atoms with Crippen LogP contribution in [0.4, 0.5) is 5.69 Å². The van der Waals surface area contributed by atoms with Crippen LogP contribution in [-0.4, -0.2) is 23.8 Å². The molecule has 0 spiro atoms. The van der Waals surface area contributed by atoms with Crippen molar-refractivity contribution in [1.29, 1.82) is 0 Å². The van der Waals surface area contributed by atoms with Crippen LogP contribution < -0.4 is 10.1 Å². The van der Waals surface area contributed by atoms with Crippen LogP contribution in [0.25, 0.3) is 11.1 Å². The van der Waals surface area contributed by atoms with Gasteiger partial charge in [0.15, 0.2) is 5.78 Å². The van der Waals surface area contributed by atoms with E-state index < -0.39 is 0 Å². The maximum absolute atomic E-state index is 12.9. The Hall–Kier alpha value is -4.25. The number of hydrogen-bond donors (Lipinski definition) is 1. The lowest BCUT2D eigenvalue weighted by molar-refractivity contribution is 0.0977. The van der Waals surface area contributed by atoms with Gasteiger partial charge in [-0.15, -0.1) is 0 Å². The summed E-state index contributed by atoms with van der Waals surface area (Å²) in [5, 5.41) is 2.88. The van der Waals surface area contributed by atoms with Crippen molar-refractivity contribution >= 4 is 17.4 Å². The molecular formula is C28H24N2O3. The highest BCUT2D eigenvalue weighted by atomic mass is 16.5. The average molecular weight is 437 g/mol. The Labute approximate surface area is 193 Å². The molecule has 1 aromatic heterocycles. The Morgan fingerprint density at radius 3 is 2.27 bits per heavy atom. The van der Waals surface area contributed by atoms with Gasteiger partial charge in [0.2, 0.25) is 0 Å². The minimum absolute atomic E-state index is 0.0687. The number of benzene rings is 3. The molecule has 164 valence electrons. The molecule has 0 bridgehead atoms. The molecule has 0 radical (unpaired) electrons. The largest absolute Gasteiger partial charge is 0.496 e. The maximum atomic E-state index is 12.9. The summed E-state index contributed by atoms with van der Waals surface area (Å²) in [7, 11) is 1.53. The highest BCUT2D eigenvalue weighted by Crippen LogP contribution is 2.25. The molecule has 0 atom stereocenters. The Balaban J connectivity index is 1.46. The van der Waals surface area contributed by atoms with Crippen LogP contribution in [0.2, 0.25) is 0 Å². The first-order valence-corrected chi connectivity index (χ1v) is 10.7. The zero-order valence-electron chi connectivity index (χ0n) is 18.3. The number of anilines is 1. The fourth-order valence-electron chi connectivity index (χ4n) is 3.57. The second-order valence-corrected chi connectivity index (χ2v) is 7.56. The Kier molecular flexibility index (Phi) is 6.90. The molecule has 5 nitrogen and oxygen atoms in total. The fourth-order valence-corrected chi connectivity index (χ4v) is 3.57. The molecule has 0 fully saturated rings. The van der Waals surface area contributed by atoms with Crippen molar-refractivity contribution < 1.29 is 14.3 Å². The smallest absolute Gasteiger partial charge is 0.255 e. The summed E-state index contributed by atoms with van der Waals surface area (Å²) < 4.78 is 5.37. The van der Waals surface area contributed by atoms with Gasteiger partial charge in [0.05, 0.1) is 12.7 Å². The van der Waals surface area contributed by atoms with E-state index in [0.29, 0.717) is 35.4 Å². The summed E-state index contributed by atoms with van der Waals surface area (Å²) in [5.74, 6) is 0.165. The van der Waals surface area contributed by atoms with Crippen molar-refractivity contribution in [1.82, 2.24) is 4.98 Å². The number of methoxy groups -OCH3 is 1. The van der Waals surface area contributed by atoms with Gasteiger partial charge in [0, 0.05) is 29.6 Å². The monoisotopic (exact) mass is 436 g/mol. The number of Topliss-reactive ketones (excluding diaryl/α,β-unsaturated/α-hetero) is 1. The van der Waals surface area contributed by atoms with Gasteiger partial charge in [-0.2, -0.15) is 0 Å². The third kappa shape index (κ3) is 5.52. The third-order valence-electron chi connectivity index (χ3n) is 5.35. The third-order valence-corrected chi connectivity index (χ3v) is 5.35. The normalized spacial score (nSPS) is 10.5. The van der Waals surface area contributed by atoms with Crippen LogP contribution in [0.3, 0.4) is 0 Å². The van der Waals surface area contributed by atoms with Crippen molar-refractivity contribution in [3.05, 3.63) is 114 Å². The number of carbonyl (C=O) groups excluding carboxylic acids is 2. The summed E-state index contributed by atoms with van der Waals surface area (Å²) in [6, 6.07) is 28.1. The van der Waals surface area contributed by atoms with Crippen LogP contribution in [0.5, 0.6) is 5.75 Å². The molecule has 0 aliphatic rings. The van der Waals surface area contributed by atoms with E-state index in [4.69, 9.17) is 4.74 Å². The second kappa shape index (κ2) is 10.4. The summed E-state index contributed by atoms with van der Waals surface area (Å²) in [4.78, 5) is 29.9. The maximum Gasteiger partial charge on any atom is 0.255 e. The lowest BCUT2D eigenvalue weighted by Crippen LogP contribution is -2.13. The molecule has 1 N–H and O–H groups in total. The predicted molar refractivity (Wildman–Crippen MR) is 130 cm³/mol. The molecule has 0 unspecified atom stereocenters. The zero-order valence-corrected chi connectivity index (χ0v) is 18.3. The number of aryl methyl sites for hydroxylation is 1. The summed E-state index contributed by atoms with van der Waals surface area (Å²) in [6.45, 7) is 0. The first kappa shape index (κ1) is 22.0. The van der Waals surface area contributed by atoms with E-state index in [-0.39, 0.29) is 11.7 Å². The quantitative estimate of drug-likeness (QED) is 0.353. The molecule has 4 rings (SSSR count). The topological polar surface area (TPSA) is 68.3 Å². The first-order chi connectivity index (χ1) is 16.1. The lowest BCUT2D eigenvalue weighted by Gasteiger charge is -2.11. The Morgan fingerprint density at radius 1 is 0.848 bits per heavy atom. The number of ether oxygens (including phenoxy) is 1. The molecule has 0 aliphatic heterocycles. The average Bonchev–Trinajstić information content (AvgIpc) is 2.88. The zero-order chi connectivity index (χ0) is 23.0. The molecule has 33 heavy (non-hydrogen) atoms. The molecular weight excluding hydrogens is 412 g/mol. The van der Waals surface area contributed by atoms with Crippen molar-refractivity contribution in [2.45, 2.75) is 12.8 Å². The molecule has 1 heterocycles. The van der Waals surface area contributed by atoms with Gasteiger partial charge in [0.1, 0.15) is 5.75 Å². The van der Waals surface area contributed by atoms with Gasteiger partial charge in [-0.25, -0.2) is 0 Å². The lowest BCUT2D eigenvalue weighted by atomic mass is 10.0. The molecule has 1 amide bonds. The number of aromatic nitrogens is 1. The van der Waals surface area contributed by atoms with E-state index in [2.05, 4.69) is 10.3 Å².